The van der Waals surface area contributed by atoms with E-state index in [0.29, 0.717) is 24.5 Å². The van der Waals surface area contributed by atoms with Gasteiger partial charge in [-0.2, -0.15) is 33.7 Å². The molecule has 64 heavy (non-hydrogen) atoms. The summed E-state index contributed by atoms with van der Waals surface area (Å²) in [5.41, 5.74) is -3.34. The Morgan fingerprint density at radius 2 is 1.30 bits per heavy atom. The zero-order valence-electron chi connectivity index (χ0n) is 33.5. The Morgan fingerprint density at radius 3 is 1.94 bits per heavy atom. The number of aromatic nitrogens is 1. The van der Waals surface area contributed by atoms with Crippen LogP contribution in [0.3, 0.4) is 0 Å². The average molecular weight is 953 g/mol. The second kappa shape index (κ2) is 16.8. The van der Waals surface area contributed by atoms with Crippen LogP contribution in [0.15, 0.2) is 115 Å². The molecule has 0 unspecified atom stereocenters. The van der Waals surface area contributed by atoms with Gasteiger partial charge in [0.1, 0.15) is 15.5 Å². The van der Waals surface area contributed by atoms with Crippen LogP contribution < -0.4 is 15.6 Å². The minimum absolute atomic E-state index is 0.0160. The molecule has 0 saturated carbocycles. The van der Waals surface area contributed by atoms with Crippen molar-refractivity contribution in [3.63, 3.8) is 0 Å². The Bertz CT molecular complexity index is 3510. The van der Waals surface area contributed by atoms with Crippen LogP contribution in [0.2, 0.25) is 0 Å². The normalized spacial score (nSPS) is 12.9. The Labute approximate surface area is 366 Å². The van der Waals surface area contributed by atoms with E-state index in [0.717, 1.165) is 60.2 Å². The summed E-state index contributed by atoms with van der Waals surface area (Å²) in [6, 6.07) is 17.0. The molecule has 5 N–H and O–H groups in total. The van der Waals surface area contributed by atoms with Crippen molar-refractivity contribution >= 4 is 74.3 Å². The first-order chi connectivity index (χ1) is 29.9. The van der Waals surface area contributed by atoms with Crippen LogP contribution in [0.4, 0.5) is 11.4 Å². The summed E-state index contributed by atoms with van der Waals surface area (Å²) < 4.78 is 147. The van der Waals surface area contributed by atoms with Crippen LogP contribution in [0.25, 0.3) is 22.0 Å². The predicted octanol–water partition coefficient (Wildman–Crippen LogP) is 6.63. The molecule has 1 aliphatic carbocycles. The highest BCUT2D eigenvalue weighted by atomic mass is 32.2. The Hall–Kier alpha value is -6.11. The van der Waals surface area contributed by atoms with Gasteiger partial charge in [0.15, 0.2) is 17.3 Å². The van der Waals surface area contributed by atoms with E-state index in [9.17, 15) is 66.3 Å². The van der Waals surface area contributed by atoms with Crippen molar-refractivity contribution in [2.24, 2.45) is 7.05 Å². The van der Waals surface area contributed by atoms with E-state index >= 15 is 0 Å². The maximum Gasteiger partial charge on any atom is 0.298 e. The van der Waals surface area contributed by atoms with E-state index in [1.807, 2.05) is 6.92 Å². The van der Waals surface area contributed by atoms with Gasteiger partial charge < -0.3 is 14.6 Å². The zero-order valence-corrected chi connectivity index (χ0v) is 36.7. The summed E-state index contributed by atoms with van der Waals surface area (Å²) in [6.45, 7) is 2.02. The molecule has 0 saturated heterocycles. The Balaban J connectivity index is 1.59. The summed E-state index contributed by atoms with van der Waals surface area (Å²) in [5.74, 6) is -2.76. The molecule has 334 valence electrons. The van der Waals surface area contributed by atoms with Gasteiger partial charge in [0.2, 0.25) is 0 Å². The van der Waals surface area contributed by atoms with Crippen molar-refractivity contribution in [3.8, 4) is 22.6 Å². The number of pyridine rings is 1. The molecule has 18 nitrogen and oxygen atoms in total. The number of carbonyl (C=O) groups excluding carboxylic acids is 2. The van der Waals surface area contributed by atoms with Crippen molar-refractivity contribution < 1.29 is 66.2 Å². The van der Waals surface area contributed by atoms with Crippen molar-refractivity contribution in [1.82, 2.24) is 4.57 Å². The number of nitrogens with zero attached hydrogens (tertiary/aromatic N) is 1. The lowest BCUT2D eigenvalue weighted by Crippen LogP contribution is -2.29. The first-order valence-electron chi connectivity index (χ1n) is 19.1. The lowest BCUT2D eigenvalue weighted by Gasteiger charge is -2.27. The van der Waals surface area contributed by atoms with Gasteiger partial charge in [-0.1, -0.05) is 68.7 Å². The van der Waals surface area contributed by atoms with Gasteiger partial charge in [0.05, 0.1) is 37.8 Å². The van der Waals surface area contributed by atoms with Crippen molar-refractivity contribution in [1.29, 1.82) is 0 Å². The lowest BCUT2D eigenvalue weighted by atomic mass is 9.79. The molecule has 0 fully saturated rings. The molecule has 0 bridgehead atoms. The molecule has 0 spiro atoms. The highest BCUT2D eigenvalue weighted by molar-refractivity contribution is 7.87. The van der Waals surface area contributed by atoms with Crippen molar-refractivity contribution in [3.05, 3.63) is 129 Å². The molecule has 5 aromatic carbocycles. The smallest absolute Gasteiger partial charge is 0.298 e. The summed E-state index contributed by atoms with van der Waals surface area (Å²) in [4.78, 5) is 40.6. The van der Waals surface area contributed by atoms with Crippen molar-refractivity contribution in [2.45, 2.75) is 58.6 Å². The number of fused-ring (bicyclic) bond motifs is 2. The lowest BCUT2D eigenvalue weighted by molar-refractivity contribution is 0.102. The maximum absolute atomic E-state index is 14.8. The molecule has 0 amide bonds. The number of hydrogen-bond donors (Lipinski definition) is 5. The van der Waals surface area contributed by atoms with Crippen LogP contribution >= 0.6 is 0 Å². The fraction of sp³-hybridized carbons (Fsp3) is 0.167. The molecule has 0 radical (unpaired) electrons. The van der Waals surface area contributed by atoms with Crippen LogP contribution in [-0.2, 0) is 53.9 Å². The van der Waals surface area contributed by atoms with Gasteiger partial charge >= 0.3 is 0 Å². The molecular formula is C42H36N2O16S4. The molecular weight excluding hydrogens is 917 g/mol. The third-order valence-corrected chi connectivity index (χ3v) is 14.0. The standard InChI is InChI=1S/C42H36N2O16S4/c1-3-4-5-6-10-23-15-18-31(34(19-23)64(57,58)59)60-32-22-30(43-29-17-16-26(62(51,52)53)21-33(29)63(54,55)56)36-37-35(27-13-7-8-14-28(27)41(36)46)38(42(47)44(2)39(32)37)40(45)24-11-9-12-25(20-24)61(48,49)50/h7-9,11-22,43H,3-6,10H2,1-2H3,(H,48,49,50)(H,51,52,53)(H,54,55,56)(H,57,58,59). The molecule has 6 aromatic rings. The van der Waals surface area contributed by atoms with E-state index in [4.69, 9.17) is 4.74 Å². The van der Waals surface area contributed by atoms with E-state index in [-0.39, 0.29) is 44.4 Å². The number of anilines is 2. The monoisotopic (exact) mass is 952 g/mol. The third kappa shape index (κ3) is 8.73. The van der Waals surface area contributed by atoms with Crippen LogP contribution in [0.1, 0.15) is 70.0 Å². The third-order valence-electron chi connectivity index (χ3n) is 10.5. The first-order valence-corrected chi connectivity index (χ1v) is 24.8. The molecule has 22 heteroatoms. The fourth-order valence-electron chi connectivity index (χ4n) is 7.59. The number of carbonyl (C=O) groups is 2. The van der Waals surface area contributed by atoms with Gasteiger partial charge in [-0.05, 0) is 66.4 Å². The first kappa shape index (κ1) is 45.9. The number of rotatable bonds is 15. The maximum atomic E-state index is 14.8. The molecule has 7 rings (SSSR count). The van der Waals surface area contributed by atoms with Gasteiger partial charge in [-0.25, -0.2) is 0 Å². The minimum Gasteiger partial charge on any atom is -0.454 e. The molecule has 1 aliphatic rings. The number of hydrogen-bond acceptors (Lipinski definition) is 13. The summed E-state index contributed by atoms with van der Waals surface area (Å²) in [7, 11) is -19.1. The number of aryl methyl sites for hydroxylation is 2. The number of ketones is 2. The van der Waals surface area contributed by atoms with Gasteiger partial charge in [0.25, 0.3) is 46.0 Å². The SMILES string of the molecule is CCCCCCc1ccc(Oc2cc(Nc3ccc(S(=O)(=O)O)cc3S(=O)(=O)O)c3c4c(c(C(=O)c5cccc(S(=O)(=O)O)c5)c(=O)n(C)c24)-c2ccccc2C3=O)c(S(=O)(=O)O)c1. The number of ether oxygens (including phenoxy) is 1. The van der Waals surface area contributed by atoms with Crippen LogP contribution in [-0.4, -0.2) is 68.0 Å². The molecule has 0 atom stereocenters. The van der Waals surface area contributed by atoms with Crippen molar-refractivity contribution in [2.75, 3.05) is 5.32 Å². The molecule has 1 aromatic heterocycles. The Kier molecular flexibility index (Phi) is 12.0. The quantitative estimate of drug-likeness (QED) is 0.0409. The minimum atomic E-state index is -5.32. The number of nitrogens with one attached hydrogen (secondary N) is 1. The van der Waals surface area contributed by atoms with E-state index in [1.165, 1.54) is 49.5 Å². The number of unbranched alkanes of at least 4 members (excludes halogenated alkanes) is 3. The van der Waals surface area contributed by atoms with E-state index < -0.39 is 99.9 Å². The van der Waals surface area contributed by atoms with Gasteiger partial charge in [-0.15, -0.1) is 0 Å². The zero-order chi connectivity index (χ0) is 46.7. The summed E-state index contributed by atoms with van der Waals surface area (Å²) >= 11 is 0. The average Bonchev–Trinajstić information content (AvgIpc) is 3.22. The second-order valence-electron chi connectivity index (χ2n) is 14.7. The summed E-state index contributed by atoms with van der Waals surface area (Å²) in [5, 5.41) is 2.47. The van der Waals surface area contributed by atoms with E-state index in [1.54, 1.807) is 6.07 Å². The fourth-order valence-corrected chi connectivity index (χ4v) is 10.0. The molecule has 0 aliphatic heterocycles. The topological polar surface area (TPSA) is 295 Å². The predicted molar refractivity (Wildman–Crippen MR) is 231 cm³/mol. The number of benzene rings is 5. The highest BCUT2D eigenvalue weighted by Crippen LogP contribution is 2.48. The largest absolute Gasteiger partial charge is 0.454 e. The summed E-state index contributed by atoms with van der Waals surface area (Å²) in [6.07, 6.45) is 3.84. The van der Waals surface area contributed by atoms with Crippen LogP contribution in [0.5, 0.6) is 11.5 Å². The Morgan fingerprint density at radius 1 is 0.641 bits per heavy atom. The van der Waals surface area contributed by atoms with E-state index in [2.05, 4.69) is 5.32 Å². The van der Waals surface area contributed by atoms with Gasteiger partial charge in [-0.3, -0.25) is 32.6 Å². The van der Waals surface area contributed by atoms with Crippen LogP contribution in [0, 0.1) is 0 Å². The highest BCUT2D eigenvalue weighted by Gasteiger charge is 2.37. The second-order valence-corrected chi connectivity index (χ2v) is 20.4. The van der Waals surface area contributed by atoms with Gasteiger partial charge in [0, 0.05) is 35.2 Å². The molecule has 1 heterocycles.